The van der Waals surface area contributed by atoms with Crippen LogP contribution in [0.2, 0.25) is 0 Å². The number of hydrogen-bond acceptors (Lipinski definition) is 5. The summed E-state index contributed by atoms with van der Waals surface area (Å²) in [5.41, 5.74) is 2.37. The molecule has 4 rings (SSSR count). The zero-order chi connectivity index (χ0) is 25.5. The number of amides is 1. The fourth-order valence-corrected chi connectivity index (χ4v) is 3.92. The second-order valence-electron chi connectivity index (χ2n) is 8.39. The summed E-state index contributed by atoms with van der Waals surface area (Å²) in [7, 11) is 1.54. The molecule has 2 aromatic heterocycles. The van der Waals surface area contributed by atoms with Gasteiger partial charge in [-0.15, -0.1) is 0 Å². The smallest absolute Gasteiger partial charge is 0.416 e. The Morgan fingerprint density at radius 3 is 2.67 bits per heavy atom. The number of fused-ring (bicyclic) bond motifs is 1. The first kappa shape index (κ1) is 25.5. The van der Waals surface area contributed by atoms with Crippen LogP contribution in [0.4, 0.5) is 13.2 Å². The van der Waals surface area contributed by atoms with Gasteiger partial charge in [0.2, 0.25) is 5.89 Å². The molecular weight excluding hydrogens is 473 g/mol. The zero-order valence-electron chi connectivity index (χ0n) is 19.8. The molecule has 0 aliphatic rings. The molecule has 4 aromatic rings. The normalized spacial score (nSPS) is 11.9. The van der Waals surface area contributed by atoms with Gasteiger partial charge < -0.3 is 19.5 Å². The third kappa shape index (κ3) is 6.52. The molecule has 0 atom stereocenters. The van der Waals surface area contributed by atoms with Gasteiger partial charge in [-0.25, -0.2) is 4.98 Å². The number of halogens is 3. The van der Waals surface area contributed by atoms with Gasteiger partial charge in [0.05, 0.1) is 18.7 Å². The molecule has 2 N–H and O–H groups in total. The van der Waals surface area contributed by atoms with Gasteiger partial charge in [-0.1, -0.05) is 30.3 Å². The number of nitrogens with zero attached hydrogens (tertiary/aromatic N) is 2. The lowest BCUT2D eigenvalue weighted by Crippen LogP contribution is -2.27. The molecule has 1 amide bonds. The number of alkyl halides is 3. The molecule has 190 valence electrons. The number of benzene rings is 2. The van der Waals surface area contributed by atoms with Crippen molar-refractivity contribution >= 4 is 16.8 Å². The van der Waals surface area contributed by atoms with Crippen LogP contribution in [-0.4, -0.2) is 47.6 Å². The molecule has 0 unspecified atom stereocenters. The zero-order valence-corrected chi connectivity index (χ0v) is 19.8. The van der Waals surface area contributed by atoms with E-state index in [9.17, 15) is 18.0 Å². The Labute approximate surface area is 206 Å². The highest BCUT2D eigenvalue weighted by Gasteiger charge is 2.30. The number of nitrogens with one attached hydrogen (secondary N) is 2. The number of oxazole rings is 1. The molecule has 0 spiro atoms. The molecule has 7 nitrogen and oxygen atoms in total. The van der Waals surface area contributed by atoms with Gasteiger partial charge in [-0.3, -0.25) is 9.69 Å². The Balaban J connectivity index is 1.48. The Hall–Kier alpha value is -3.63. The highest BCUT2D eigenvalue weighted by Crippen LogP contribution is 2.29. The minimum atomic E-state index is -4.38. The summed E-state index contributed by atoms with van der Waals surface area (Å²) < 4.78 is 49.4. The second kappa shape index (κ2) is 11.4. The predicted octanol–water partition coefficient (Wildman–Crippen LogP) is 4.80. The summed E-state index contributed by atoms with van der Waals surface area (Å²) in [5.74, 6) is -0.0205. The highest BCUT2D eigenvalue weighted by molar-refractivity contribution is 5.91. The fraction of sp³-hybridized carbons (Fsp3) is 0.308. The Morgan fingerprint density at radius 2 is 1.92 bits per heavy atom. The Bertz CT molecular complexity index is 1280. The van der Waals surface area contributed by atoms with Gasteiger partial charge >= 0.3 is 6.18 Å². The van der Waals surface area contributed by atoms with E-state index >= 15 is 0 Å². The van der Waals surface area contributed by atoms with Crippen LogP contribution in [-0.2, 0) is 30.4 Å². The van der Waals surface area contributed by atoms with E-state index in [2.05, 4.69) is 15.3 Å². The number of H-pyrrole nitrogens is 1. The molecule has 0 saturated carbocycles. The SMILES string of the molecule is COCCNC(=O)c1coc(CN(CCc2c[nH]c3ccccc23)Cc2ccc(C(F)(F)F)cc2)n1. The van der Waals surface area contributed by atoms with Crippen LogP contribution in [0, 0.1) is 0 Å². The number of aromatic amines is 1. The van der Waals surface area contributed by atoms with Crippen molar-refractivity contribution in [1.29, 1.82) is 0 Å². The maximum absolute atomic E-state index is 13.0. The number of ether oxygens (including phenoxy) is 1. The number of carbonyl (C=O) groups is 1. The van der Waals surface area contributed by atoms with Crippen molar-refractivity contribution in [2.75, 3.05) is 26.8 Å². The third-order valence-electron chi connectivity index (χ3n) is 5.79. The van der Waals surface area contributed by atoms with Gasteiger partial charge in [0.1, 0.15) is 6.26 Å². The predicted molar refractivity (Wildman–Crippen MR) is 128 cm³/mol. The van der Waals surface area contributed by atoms with Crippen molar-refractivity contribution in [2.24, 2.45) is 0 Å². The summed E-state index contributed by atoms with van der Waals surface area (Å²) >= 11 is 0. The largest absolute Gasteiger partial charge is 0.447 e. The summed E-state index contributed by atoms with van der Waals surface area (Å²) in [6.07, 6.45) is -0.413. The number of rotatable bonds is 11. The van der Waals surface area contributed by atoms with Gasteiger partial charge in [0.15, 0.2) is 5.69 Å². The van der Waals surface area contributed by atoms with Crippen LogP contribution < -0.4 is 5.32 Å². The standard InChI is InChI=1S/C26H27F3N4O3/c1-35-13-11-30-25(34)23-17-36-24(32-23)16-33(15-18-6-8-20(9-7-18)26(27,28)29)12-10-19-14-31-22-5-3-2-4-21(19)22/h2-9,14,17,31H,10-13,15-16H2,1H3,(H,30,34). The van der Waals surface area contributed by atoms with E-state index in [1.54, 1.807) is 7.11 Å². The van der Waals surface area contributed by atoms with Crippen LogP contribution in [0.1, 0.15) is 33.1 Å². The first-order valence-corrected chi connectivity index (χ1v) is 11.5. The van der Waals surface area contributed by atoms with Crippen molar-refractivity contribution < 1.29 is 27.1 Å². The summed E-state index contributed by atoms with van der Waals surface area (Å²) in [6.45, 7) is 2.00. The lowest BCUT2D eigenvalue weighted by molar-refractivity contribution is -0.137. The van der Waals surface area contributed by atoms with Crippen molar-refractivity contribution in [3.63, 3.8) is 0 Å². The molecule has 0 radical (unpaired) electrons. The molecule has 2 heterocycles. The number of carbonyl (C=O) groups excluding carboxylic acids is 1. The van der Waals surface area contributed by atoms with Crippen LogP contribution in [0.15, 0.2) is 65.4 Å². The van der Waals surface area contributed by atoms with E-state index in [1.165, 1.54) is 18.4 Å². The van der Waals surface area contributed by atoms with Crippen molar-refractivity contribution in [2.45, 2.75) is 25.7 Å². The van der Waals surface area contributed by atoms with Crippen molar-refractivity contribution in [3.8, 4) is 0 Å². The van der Waals surface area contributed by atoms with Crippen LogP contribution in [0.3, 0.4) is 0 Å². The number of methoxy groups -OCH3 is 1. The van der Waals surface area contributed by atoms with E-state index in [0.29, 0.717) is 38.6 Å². The lowest BCUT2D eigenvalue weighted by Gasteiger charge is -2.21. The molecule has 10 heteroatoms. The molecule has 0 aliphatic heterocycles. The van der Waals surface area contributed by atoms with Crippen molar-refractivity contribution in [3.05, 3.63) is 89.3 Å². The average Bonchev–Trinajstić information content (AvgIpc) is 3.50. The fourth-order valence-electron chi connectivity index (χ4n) is 3.92. The average molecular weight is 501 g/mol. The van der Waals surface area contributed by atoms with Crippen LogP contribution in [0.25, 0.3) is 10.9 Å². The van der Waals surface area contributed by atoms with E-state index in [4.69, 9.17) is 9.15 Å². The minimum Gasteiger partial charge on any atom is -0.447 e. The monoisotopic (exact) mass is 500 g/mol. The molecule has 36 heavy (non-hydrogen) atoms. The topological polar surface area (TPSA) is 83.4 Å². The maximum atomic E-state index is 13.0. The van der Waals surface area contributed by atoms with Gasteiger partial charge in [0, 0.05) is 43.8 Å². The van der Waals surface area contributed by atoms with Gasteiger partial charge in [-0.05, 0) is 35.7 Å². The van der Waals surface area contributed by atoms with E-state index in [1.807, 2.05) is 35.4 Å². The molecule has 2 aromatic carbocycles. The van der Waals surface area contributed by atoms with Crippen molar-refractivity contribution in [1.82, 2.24) is 20.2 Å². The highest BCUT2D eigenvalue weighted by atomic mass is 19.4. The molecule has 0 aliphatic carbocycles. The molecular formula is C26H27F3N4O3. The quantitative estimate of drug-likeness (QED) is 0.289. The van der Waals surface area contributed by atoms with E-state index in [0.717, 1.165) is 34.2 Å². The maximum Gasteiger partial charge on any atom is 0.416 e. The number of aromatic nitrogens is 2. The second-order valence-corrected chi connectivity index (χ2v) is 8.39. The number of para-hydroxylation sites is 1. The minimum absolute atomic E-state index is 0.159. The molecule has 0 saturated heterocycles. The van der Waals surface area contributed by atoms with Gasteiger partial charge in [0.25, 0.3) is 5.91 Å². The van der Waals surface area contributed by atoms with Crippen LogP contribution in [0.5, 0.6) is 0 Å². The third-order valence-corrected chi connectivity index (χ3v) is 5.79. The first-order chi connectivity index (χ1) is 17.3. The lowest BCUT2D eigenvalue weighted by atomic mass is 10.1. The molecule has 0 fully saturated rings. The molecule has 0 bridgehead atoms. The first-order valence-electron chi connectivity index (χ1n) is 11.5. The Morgan fingerprint density at radius 1 is 1.14 bits per heavy atom. The Kier molecular flexibility index (Phi) is 8.07. The number of hydrogen-bond donors (Lipinski definition) is 2. The summed E-state index contributed by atoms with van der Waals surface area (Å²) in [5, 5.41) is 3.81. The van der Waals surface area contributed by atoms with E-state index < -0.39 is 11.7 Å². The van der Waals surface area contributed by atoms with E-state index in [-0.39, 0.29) is 18.1 Å². The van der Waals surface area contributed by atoms with Gasteiger partial charge in [-0.2, -0.15) is 13.2 Å². The summed E-state index contributed by atoms with van der Waals surface area (Å²) in [6, 6.07) is 13.1. The van der Waals surface area contributed by atoms with Crippen LogP contribution >= 0.6 is 0 Å². The summed E-state index contributed by atoms with van der Waals surface area (Å²) in [4.78, 5) is 21.8.